The molecule has 0 aliphatic heterocycles. The zero-order valence-electron chi connectivity index (χ0n) is 12.0. The van der Waals surface area contributed by atoms with E-state index in [0.29, 0.717) is 6.04 Å². The molecule has 0 bridgehead atoms. The summed E-state index contributed by atoms with van der Waals surface area (Å²) in [5.74, 6) is 0. The maximum Gasteiger partial charge on any atom is 0.0334 e. The van der Waals surface area contributed by atoms with Gasteiger partial charge in [-0.15, -0.1) is 11.3 Å². The van der Waals surface area contributed by atoms with E-state index in [1.54, 1.807) is 0 Å². The van der Waals surface area contributed by atoms with Crippen LogP contribution in [0, 0.1) is 5.41 Å². The molecule has 1 aliphatic carbocycles. The first-order valence-corrected chi connectivity index (χ1v) is 7.81. The number of hydrogen-bond acceptors (Lipinski definition) is 3. The molecule has 2 rings (SSSR count). The summed E-state index contributed by atoms with van der Waals surface area (Å²) in [5, 5.41) is 2.17. The number of nitrogens with two attached hydrogens (primary N) is 1. The van der Waals surface area contributed by atoms with Crippen molar-refractivity contribution >= 4 is 11.3 Å². The Morgan fingerprint density at radius 1 is 1.44 bits per heavy atom. The smallest absolute Gasteiger partial charge is 0.0334 e. The highest BCUT2D eigenvalue weighted by atomic mass is 32.1. The molecule has 0 amide bonds. The Kier molecular flexibility index (Phi) is 4.15. The lowest BCUT2D eigenvalue weighted by Crippen LogP contribution is -2.54. The summed E-state index contributed by atoms with van der Waals surface area (Å²) in [4.78, 5) is 4.10. The van der Waals surface area contributed by atoms with Gasteiger partial charge in [-0.25, -0.2) is 0 Å². The molecule has 0 spiro atoms. The Labute approximate surface area is 115 Å². The van der Waals surface area contributed by atoms with Gasteiger partial charge < -0.3 is 5.73 Å². The molecule has 2 nitrogen and oxygen atoms in total. The van der Waals surface area contributed by atoms with E-state index in [1.807, 2.05) is 11.3 Å². The largest absolute Gasteiger partial charge is 0.327 e. The topological polar surface area (TPSA) is 29.3 Å². The molecule has 2 unspecified atom stereocenters. The predicted octanol–water partition coefficient (Wildman–Crippen LogP) is 3.47. The van der Waals surface area contributed by atoms with Gasteiger partial charge in [0, 0.05) is 29.5 Å². The molecule has 3 heteroatoms. The van der Waals surface area contributed by atoms with Crippen molar-refractivity contribution < 1.29 is 0 Å². The molecule has 2 atom stereocenters. The number of hydrogen-bond donors (Lipinski definition) is 1. The van der Waals surface area contributed by atoms with E-state index in [1.165, 1.54) is 17.7 Å². The van der Waals surface area contributed by atoms with Crippen molar-refractivity contribution in [3.8, 4) is 0 Å². The van der Waals surface area contributed by atoms with Crippen LogP contribution < -0.4 is 5.73 Å². The minimum absolute atomic E-state index is 0.213. The highest BCUT2D eigenvalue weighted by Gasteiger charge is 2.40. The first-order chi connectivity index (χ1) is 8.39. The zero-order valence-corrected chi connectivity index (χ0v) is 12.8. The monoisotopic (exact) mass is 266 g/mol. The quantitative estimate of drug-likeness (QED) is 0.884. The number of nitrogens with zero attached hydrogens (tertiary/aromatic N) is 1. The van der Waals surface area contributed by atoms with Gasteiger partial charge in [0.15, 0.2) is 0 Å². The third kappa shape index (κ3) is 3.34. The normalized spacial score (nSPS) is 20.1. The van der Waals surface area contributed by atoms with Crippen LogP contribution in [0.25, 0.3) is 0 Å². The SMILES string of the molecule is CC(N)C(N(Cc1cccs1)C1CC1)C(C)(C)C. The Morgan fingerprint density at radius 3 is 2.50 bits per heavy atom. The van der Waals surface area contributed by atoms with Gasteiger partial charge in [-0.05, 0) is 36.6 Å². The van der Waals surface area contributed by atoms with Crippen molar-refractivity contribution in [2.45, 2.75) is 65.2 Å². The molecular weight excluding hydrogens is 240 g/mol. The predicted molar refractivity (Wildman–Crippen MR) is 79.8 cm³/mol. The van der Waals surface area contributed by atoms with Crippen LogP contribution in [0.4, 0.5) is 0 Å². The van der Waals surface area contributed by atoms with Crippen molar-refractivity contribution in [1.82, 2.24) is 4.90 Å². The van der Waals surface area contributed by atoms with E-state index >= 15 is 0 Å². The zero-order chi connectivity index (χ0) is 13.3. The van der Waals surface area contributed by atoms with Gasteiger partial charge in [0.05, 0.1) is 0 Å². The van der Waals surface area contributed by atoms with E-state index in [9.17, 15) is 0 Å². The first kappa shape index (κ1) is 14.0. The van der Waals surface area contributed by atoms with Crippen LogP contribution in [0.3, 0.4) is 0 Å². The average Bonchev–Trinajstić information content (AvgIpc) is 2.94. The molecule has 1 fully saturated rings. The Morgan fingerprint density at radius 2 is 2.11 bits per heavy atom. The third-order valence-electron chi connectivity index (χ3n) is 3.68. The van der Waals surface area contributed by atoms with Crippen LogP contribution in [0.1, 0.15) is 45.4 Å². The summed E-state index contributed by atoms with van der Waals surface area (Å²) in [6.07, 6.45) is 2.68. The summed E-state index contributed by atoms with van der Waals surface area (Å²) in [6, 6.07) is 5.80. The van der Waals surface area contributed by atoms with Crippen LogP contribution >= 0.6 is 11.3 Å². The van der Waals surface area contributed by atoms with Crippen LogP contribution in [-0.4, -0.2) is 23.0 Å². The molecule has 1 aromatic rings. The fourth-order valence-electron chi connectivity index (χ4n) is 3.03. The standard InChI is InChI=1S/C15H26N2S/c1-11(16)14(15(2,3)4)17(12-7-8-12)10-13-6-5-9-18-13/h5-6,9,11-12,14H,7-8,10,16H2,1-4H3. The Balaban J connectivity index is 2.17. The minimum Gasteiger partial charge on any atom is -0.327 e. The molecule has 0 radical (unpaired) electrons. The van der Waals surface area contributed by atoms with Gasteiger partial charge in [0.2, 0.25) is 0 Å². The fraction of sp³-hybridized carbons (Fsp3) is 0.733. The van der Waals surface area contributed by atoms with Crippen LogP contribution in [0.2, 0.25) is 0 Å². The maximum atomic E-state index is 6.28. The summed E-state index contributed by atoms with van der Waals surface area (Å²) in [6.45, 7) is 10.1. The molecule has 1 aliphatic rings. The molecule has 1 heterocycles. The Hall–Kier alpha value is -0.380. The molecule has 18 heavy (non-hydrogen) atoms. The molecule has 102 valence electrons. The van der Waals surface area contributed by atoms with E-state index in [0.717, 1.165) is 12.6 Å². The van der Waals surface area contributed by atoms with E-state index in [4.69, 9.17) is 5.73 Å². The van der Waals surface area contributed by atoms with Crippen LogP contribution in [0.15, 0.2) is 17.5 Å². The molecule has 0 saturated heterocycles. The molecule has 0 aromatic carbocycles. The average molecular weight is 266 g/mol. The van der Waals surface area contributed by atoms with Gasteiger partial charge in [-0.1, -0.05) is 26.8 Å². The van der Waals surface area contributed by atoms with E-state index in [-0.39, 0.29) is 11.5 Å². The Bertz CT molecular complexity index is 360. The summed E-state index contributed by atoms with van der Waals surface area (Å²) < 4.78 is 0. The second-order valence-corrected chi connectivity index (χ2v) is 7.69. The number of thiophene rings is 1. The van der Waals surface area contributed by atoms with E-state index < -0.39 is 0 Å². The summed E-state index contributed by atoms with van der Waals surface area (Å²) >= 11 is 1.85. The van der Waals surface area contributed by atoms with E-state index in [2.05, 4.69) is 50.1 Å². The lowest BCUT2D eigenvalue weighted by Gasteiger charge is -2.43. The second-order valence-electron chi connectivity index (χ2n) is 6.65. The van der Waals surface area contributed by atoms with Gasteiger partial charge in [-0.3, -0.25) is 4.90 Å². The lowest BCUT2D eigenvalue weighted by atomic mass is 9.81. The van der Waals surface area contributed by atoms with Crippen molar-refractivity contribution in [1.29, 1.82) is 0 Å². The highest BCUT2D eigenvalue weighted by Crippen LogP contribution is 2.37. The molecule has 1 saturated carbocycles. The third-order valence-corrected chi connectivity index (χ3v) is 4.54. The summed E-state index contributed by atoms with van der Waals surface area (Å²) in [7, 11) is 0. The van der Waals surface area contributed by atoms with Gasteiger partial charge >= 0.3 is 0 Å². The molecule has 1 aromatic heterocycles. The fourth-order valence-corrected chi connectivity index (χ4v) is 3.74. The maximum absolute atomic E-state index is 6.28. The van der Waals surface area contributed by atoms with Gasteiger partial charge in [-0.2, -0.15) is 0 Å². The van der Waals surface area contributed by atoms with Crippen molar-refractivity contribution in [2.24, 2.45) is 11.1 Å². The second kappa shape index (κ2) is 5.32. The highest BCUT2D eigenvalue weighted by molar-refractivity contribution is 7.09. The first-order valence-electron chi connectivity index (χ1n) is 6.93. The van der Waals surface area contributed by atoms with Crippen molar-refractivity contribution in [2.75, 3.05) is 0 Å². The van der Waals surface area contributed by atoms with Crippen molar-refractivity contribution in [3.05, 3.63) is 22.4 Å². The van der Waals surface area contributed by atoms with Crippen molar-refractivity contribution in [3.63, 3.8) is 0 Å². The van der Waals surface area contributed by atoms with Crippen LogP contribution in [-0.2, 0) is 6.54 Å². The minimum atomic E-state index is 0.213. The number of rotatable bonds is 5. The lowest BCUT2D eigenvalue weighted by molar-refractivity contribution is 0.0685. The summed E-state index contributed by atoms with van der Waals surface area (Å²) in [5.41, 5.74) is 6.51. The molecular formula is C15H26N2S. The van der Waals surface area contributed by atoms with Gasteiger partial charge in [0.25, 0.3) is 0 Å². The molecule has 2 N–H and O–H groups in total. The van der Waals surface area contributed by atoms with Crippen LogP contribution in [0.5, 0.6) is 0 Å². The van der Waals surface area contributed by atoms with Gasteiger partial charge in [0.1, 0.15) is 0 Å².